The van der Waals surface area contributed by atoms with Gasteiger partial charge in [0.1, 0.15) is 5.82 Å². The largest absolute Gasteiger partial charge is 0.333 e. The highest BCUT2D eigenvalue weighted by molar-refractivity contribution is 5.35. The van der Waals surface area contributed by atoms with Gasteiger partial charge in [0.15, 0.2) is 0 Å². The maximum Gasteiger partial charge on any atom is 0.333 e. The van der Waals surface area contributed by atoms with Crippen molar-refractivity contribution in [3.8, 4) is 0 Å². The van der Waals surface area contributed by atoms with Crippen LogP contribution in [0.2, 0.25) is 0 Å². The molecular formula is C13H14F3N. The summed E-state index contributed by atoms with van der Waals surface area (Å²) >= 11 is 0. The van der Waals surface area contributed by atoms with Crippen LogP contribution in [0.25, 0.3) is 0 Å². The van der Waals surface area contributed by atoms with Crippen molar-refractivity contribution in [1.82, 2.24) is 5.32 Å². The van der Waals surface area contributed by atoms with E-state index in [4.69, 9.17) is 0 Å². The number of rotatable bonds is 3. The third kappa shape index (κ3) is 2.30. The molecule has 0 aromatic heterocycles. The van der Waals surface area contributed by atoms with Crippen LogP contribution in [0.4, 0.5) is 13.2 Å². The number of halogens is 3. The van der Waals surface area contributed by atoms with Gasteiger partial charge >= 0.3 is 6.05 Å². The van der Waals surface area contributed by atoms with Crippen LogP contribution in [-0.2, 0) is 0 Å². The van der Waals surface area contributed by atoms with Crippen molar-refractivity contribution >= 4 is 0 Å². The molecule has 92 valence electrons. The smallest absolute Gasteiger partial charge is 0.333 e. The van der Waals surface area contributed by atoms with Crippen LogP contribution >= 0.6 is 0 Å². The van der Waals surface area contributed by atoms with Gasteiger partial charge in [0, 0.05) is 6.20 Å². The highest BCUT2D eigenvalue weighted by Gasteiger charge is 2.45. The normalized spacial score (nSPS) is 22.1. The predicted octanol–water partition coefficient (Wildman–Crippen LogP) is 3.79. The molecule has 0 bridgehead atoms. The lowest BCUT2D eigenvalue weighted by Gasteiger charge is -2.22. The van der Waals surface area contributed by atoms with Crippen molar-refractivity contribution in [2.75, 3.05) is 0 Å². The standard InChI is InChI=1S/C13H14F3N/c1-2-4-10-8-17-13(15,16)12(10)9-5-3-6-11(14)7-9/h3,5-8,12,17H,2,4H2,1H3. The Morgan fingerprint density at radius 2 is 2.12 bits per heavy atom. The molecule has 1 unspecified atom stereocenters. The van der Waals surface area contributed by atoms with E-state index in [0.717, 1.165) is 6.42 Å². The minimum Gasteiger partial charge on any atom is -0.333 e. The van der Waals surface area contributed by atoms with Crippen molar-refractivity contribution in [2.45, 2.75) is 31.7 Å². The quantitative estimate of drug-likeness (QED) is 0.794. The average Bonchev–Trinajstić information content (AvgIpc) is 2.54. The van der Waals surface area contributed by atoms with Crippen molar-refractivity contribution in [3.05, 3.63) is 47.4 Å². The van der Waals surface area contributed by atoms with Gasteiger partial charge in [0.2, 0.25) is 0 Å². The molecule has 1 aliphatic heterocycles. The zero-order valence-corrected chi connectivity index (χ0v) is 9.51. The SMILES string of the molecule is CCCC1=CNC(F)(F)C1c1cccc(F)c1. The van der Waals surface area contributed by atoms with Gasteiger partial charge in [0.25, 0.3) is 0 Å². The topological polar surface area (TPSA) is 12.0 Å². The second-order valence-electron chi connectivity index (χ2n) is 4.22. The van der Waals surface area contributed by atoms with Crippen molar-refractivity contribution in [1.29, 1.82) is 0 Å². The molecule has 17 heavy (non-hydrogen) atoms. The van der Waals surface area contributed by atoms with Gasteiger partial charge in [-0.2, -0.15) is 8.78 Å². The van der Waals surface area contributed by atoms with Gasteiger partial charge in [0.05, 0.1) is 5.92 Å². The first-order valence-corrected chi connectivity index (χ1v) is 5.64. The monoisotopic (exact) mass is 241 g/mol. The lowest BCUT2D eigenvalue weighted by Crippen LogP contribution is -2.34. The lowest BCUT2D eigenvalue weighted by molar-refractivity contribution is -0.0280. The molecule has 0 spiro atoms. The predicted molar refractivity (Wildman–Crippen MR) is 60.2 cm³/mol. The summed E-state index contributed by atoms with van der Waals surface area (Å²) in [7, 11) is 0. The van der Waals surface area contributed by atoms with E-state index in [9.17, 15) is 13.2 Å². The molecule has 1 atom stereocenters. The summed E-state index contributed by atoms with van der Waals surface area (Å²) < 4.78 is 40.5. The van der Waals surface area contributed by atoms with Crippen LogP contribution in [0.5, 0.6) is 0 Å². The number of hydrogen-bond acceptors (Lipinski definition) is 1. The molecule has 0 saturated carbocycles. The van der Waals surface area contributed by atoms with E-state index in [1.165, 1.54) is 30.5 Å². The fraction of sp³-hybridized carbons (Fsp3) is 0.385. The maximum absolute atomic E-state index is 13.7. The average molecular weight is 241 g/mol. The fourth-order valence-electron chi connectivity index (χ4n) is 2.20. The van der Waals surface area contributed by atoms with Crippen LogP contribution in [-0.4, -0.2) is 6.05 Å². The van der Waals surface area contributed by atoms with Crippen LogP contribution in [0.1, 0.15) is 31.2 Å². The molecule has 0 radical (unpaired) electrons. The number of alkyl halides is 2. The Kier molecular flexibility index (Phi) is 3.13. The summed E-state index contributed by atoms with van der Waals surface area (Å²) in [5.74, 6) is -1.54. The Hall–Kier alpha value is -1.45. The molecule has 1 heterocycles. The molecule has 0 saturated heterocycles. The second-order valence-corrected chi connectivity index (χ2v) is 4.22. The summed E-state index contributed by atoms with van der Waals surface area (Å²) in [6.07, 6.45) is 2.73. The summed E-state index contributed by atoms with van der Waals surface area (Å²) in [6, 6.07) is 2.40. The number of benzene rings is 1. The molecule has 1 aromatic carbocycles. The zero-order chi connectivity index (χ0) is 12.5. The first-order valence-electron chi connectivity index (χ1n) is 5.64. The van der Waals surface area contributed by atoms with Crippen LogP contribution in [0.15, 0.2) is 36.0 Å². The van der Waals surface area contributed by atoms with E-state index in [2.05, 4.69) is 5.32 Å². The van der Waals surface area contributed by atoms with Gasteiger partial charge < -0.3 is 5.32 Å². The Bertz CT molecular complexity index is 440. The van der Waals surface area contributed by atoms with E-state index in [1.807, 2.05) is 6.92 Å². The molecule has 0 aliphatic carbocycles. The Morgan fingerprint density at radius 1 is 1.35 bits per heavy atom. The first-order chi connectivity index (χ1) is 8.04. The summed E-state index contributed by atoms with van der Waals surface area (Å²) in [5.41, 5.74) is 0.947. The van der Waals surface area contributed by atoms with Gasteiger partial charge in [-0.15, -0.1) is 0 Å². The molecule has 1 aromatic rings. The van der Waals surface area contributed by atoms with Crippen molar-refractivity contribution < 1.29 is 13.2 Å². The van der Waals surface area contributed by atoms with E-state index in [-0.39, 0.29) is 0 Å². The van der Waals surface area contributed by atoms with E-state index < -0.39 is 17.8 Å². The molecule has 0 fully saturated rings. The van der Waals surface area contributed by atoms with Crippen molar-refractivity contribution in [2.24, 2.45) is 0 Å². The highest BCUT2D eigenvalue weighted by atomic mass is 19.3. The third-order valence-electron chi connectivity index (χ3n) is 2.90. The summed E-state index contributed by atoms with van der Waals surface area (Å²) in [4.78, 5) is 0. The third-order valence-corrected chi connectivity index (χ3v) is 2.90. The zero-order valence-electron chi connectivity index (χ0n) is 9.51. The van der Waals surface area contributed by atoms with Gasteiger partial charge in [-0.3, -0.25) is 0 Å². The van der Waals surface area contributed by atoms with Crippen LogP contribution in [0, 0.1) is 5.82 Å². The van der Waals surface area contributed by atoms with E-state index in [1.54, 1.807) is 0 Å². The van der Waals surface area contributed by atoms with Gasteiger partial charge in [-0.05, 0) is 29.7 Å². The molecule has 2 rings (SSSR count). The molecular weight excluding hydrogens is 227 g/mol. The van der Waals surface area contributed by atoms with Gasteiger partial charge in [-0.1, -0.05) is 25.5 Å². The van der Waals surface area contributed by atoms with Crippen molar-refractivity contribution in [3.63, 3.8) is 0 Å². The summed E-state index contributed by atoms with van der Waals surface area (Å²) in [6.45, 7) is 1.93. The number of nitrogens with one attached hydrogen (secondary N) is 1. The second kappa shape index (κ2) is 4.43. The van der Waals surface area contributed by atoms with E-state index in [0.29, 0.717) is 17.6 Å². The first kappa shape index (κ1) is 12.0. The Morgan fingerprint density at radius 3 is 2.76 bits per heavy atom. The molecule has 4 heteroatoms. The van der Waals surface area contributed by atoms with Crippen LogP contribution < -0.4 is 5.32 Å². The number of hydrogen-bond donors (Lipinski definition) is 1. The fourth-order valence-corrected chi connectivity index (χ4v) is 2.20. The maximum atomic E-state index is 13.7. The summed E-state index contributed by atoms with van der Waals surface area (Å²) in [5, 5.41) is 2.08. The lowest BCUT2D eigenvalue weighted by atomic mass is 9.89. The molecule has 1 N–H and O–H groups in total. The highest BCUT2D eigenvalue weighted by Crippen LogP contribution is 2.42. The molecule has 0 amide bonds. The minimum atomic E-state index is -3.03. The van der Waals surface area contributed by atoms with Crippen LogP contribution in [0.3, 0.4) is 0 Å². The Balaban J connectivity index is 2.36. The minimum absolute atomic E-state index is 0.319. The Labute approximate surface area is 98.3 Å². The molecule has 1 nitrogen and oxygen atoms in total. The van der Waals surface area contributed by atoms with E-state index >= 15 is 0 Å². The molecule has 1 aliphatic rings. The van der Waals surface area contributed by atoms with Gasteiger partial charge in [-0.25, -0.2) is 4.39 Å².